The van der Waals surface area contributed by atoms with Crippen molar-refractivity contribution in [3.05, 3.63) is 71.8 Å². The summed E-state index contributed by atoms with van der Waals surface area (Å²) in [6.45, 7) is 1.67. The number of benzene rings is 2. The summed E-state index contributed by atoms with van der Waals surface area (Å²) in [7, 11) is 0. The Balaban J connectivity index is 1.87. The number of carbonyl (C=O) groups excluding carboxylic acids is 4. The maximum absolute atomic E-state index is 12.1. The van der Waals surface area contributed by atoms with E-state index in [4.69, 9.17) is 9.47 Å². The zero-order valence-electron chi connectivity index (χ0n) is 16.4. The lowest BCUT2D eigenvalue weighted by atomic mass is 10.2. The van der Waals surface area contributed by atoms with Crippen molar-refractivity contribution >= 4 is 23.9 Å². The Bertz CT molecular complexity index is 858. The molecule has 0 radical (unpaired) electrons. The molecule has 0 saturated heterocycles. The molecule has 9 nitrogen and oxygen atoms in total. The molecule has 0 aliphatic heterocycles. The fraction of sp³-hybridized carbons (Fsp3) is 0.238. The van der Waals surface area contributed by atoms with E-state index in [1.165, 1.54) is 0 Å². The predicted octanol–water partition coefficient (Wildman–Crippen LogP) is 1.70. The topological polar surface area (TPSA) is 123 Å². The number of rotatable bonds is 8. The number of carbonyl (C=O) groups is 4. The second-order valence-corrected chi connectivity index (χ2v) is 6.08. The highest BCUT2D eigenvalue weighted by molar-refractivity contribution is 5.96. The van der Waals surface area contributed by atoms with Crippen molar-refractivity contribution in [1.82, 2.24) is 16.2 Å². The third-order valence-electron chi connectivity index (χ3n) is 3.82. The van der Waals surface area contributed by atoms with Crippen LogP contribution >= 0.6 is 0 Å². The minimum Gasteiger partial charge on any atom is -0.464 e. The molecule has 30 heavy (non-hydrogen) atoms. The summed E-state index contributed by atoms with van der Waals surface area (Å²) in [5, 5.41) is 2.31. The maximum Gasteiger partial charge on any atom is 0.408 e. The molecule has 2 aromatic carbocycles. The normalized spacial score (nSPS) is 11.0. The van der Waals surface area contributed by atoms with Gasteiger partial charge >= 0.3 is 12.1 Å². The van der Waals surface area contributed by atoms with Crippen LogP contribution in [-0.2, 0) is 25.7 Å². The molecule has 1 unspecified atom stereocenters. The van der Waals surface area contributed by atoms with E-state index in [-0.39, 0.29) is 13.2 Å². The van der Waals surface area contributed by atoms with E-state index in [0.29, 0.717) is 5.56 Å². The van der Waals surface area contributed by atoms with Crippen molar-refractivity contribution in [2.24, 2.45) is 0 Å². The van der Waals surface area contributed by atoms with Crippen LogP contribution in [0.15, 0.2) is 60.7 Å². The summed E-state index contributed by atoms with van der Waals surface area (Å²) in [4.78, 5) is 48.2. The lowest BCUT2D eigenvalue weighted by molar-refractivity contribution is -0.147. The van der Waals surface area contributed by atoms with Crippen LogP contribution in [0.4, 0.5) is 4.79 Å². The zero-order chi connectivity index (χ0) is 21.8. The molecule has 3 N–H and O–H groups in total. The third-order valence-corrected chi connectivity index (χ3v) is 3.82. The Morgan fingerprint density at radius 1 is 0.867 bits per heavy atom. The van der Waals surface area contributed by atoms with E-state index >= 15 is 0 Å². The minimum absolute atomic E-state index is 0.00154. The van der Waals surface area contributed by atoms with Gasteiger partial charge in [-0.05, 0) is 24.6 Å². The molecule has 0 bridgehead atoms. The average molecular weight is 413 g/mol. The fourth-order valence-corrected chi connectivity index (χ4v) is 2.37. The van der Waals surface area contributed by atoms with Gasteiger partial charge in [0, 0.05) is 5.56 Å². The second kappa shape index (κ2) is 11.8. The molecule has 3 amide bonds. The van der Waals surface area contributed by atoms with E-state index in [1.54, 1.807) is 61.5 Å². The van der Waals surface area contributed by atoms with Crippen LogP contribution in [0, 0.1) is 0 Å². The van der Waals surface area contributed by atoms with Crippen molar-refractivity contribution in [2.45, 2.75) is 26.0 Å². The molecule has 2 rings (SSSR count). The quantitative estimate of drug-likeness (QED) is 0.447. The molecule has 0 heterocycles. The summed E-state index contributed by atoms with van der Waals surface area (Å²) in [6, 6.07) is 16.0. The third kappa shape index (κ3) is 7.63. The SMILES string of the molecule is CCOC(=O)C(CC(=O)NNC(=O)c1ccccc1)NC(=O)OCc1ccccc1. The van der Waals surface area contributed by atoms with Crippen LogP contribution in [0.3, 0.4) is 0 Å². The number of hydrogen-bond donors (Lipinski definition) is 3. The second-order valence-electron chi connectivity index (χ2n) is 6.08. The highest BCUT2D eigenvalue weighted by Gasteiger charge is 2.26. The van der Waals surface area contributed by atoms with Crippen molar-refractivity contribution in [3.8, 4) is 0 Å². The number of amides is 3. The molecule has 0 fully saturated rings. The Kier molecular flexibility index (Phi) is 8.85. The Morgan fingerprint density at radius 3 is 2.13 bits per heavy atom. The van der Waals surface area contributed by atoms with Crippen molar-refractivity contribution in [3.63, 3.8) is 0 Å². The molecule has 0 aliphatic rings. The molecular weight excluding hydrogens is 390 g/mol. The molecule has 0 aromatic heterocycles. The zero-order valence-corrected chi connectivity index (χ0v) is 16.4. The predicted molar refractivity (Wildman–Crippen MR) is 107 cm³/mol. The molecular formula is C21H23N3O6. The summed E-state index contributed by atoms with van der Waals surface area (Å²) >= 11 is 0. The van der Waals surface area contributed by atoms with Gasteiger partial charge < -0.3 is 14.8 Å². The monoisotopic (exact) mass is 413 g/mol. The number of esters is 1. The van der Waals surface area contributed by atoms with Gasteiger partial charge in [-0.3, -0.25) is 20.4 Å². The van der Waals surface area contributed by atoms with Gasteiger partial charge in [-0.2, -0.15) is 0 Å². The van der Waals surface area contributed by atoms with Gasteiger partial charge in [0.05, 0.1) is 13.0 Å². The van der Waals surface area contributed by atoms with Gasteiger partial charge in [0.25, 0.3) is 5.91 Å². The van der Waals surface area contributed by atoms with E-state index in [2.05, 4.69) is 16.2 Å². The van der Waals surface area contributed by atoms with Gasteiger partial charge in [-0.15, -0.1) is 0 Å². The van der Waals surface area contributed by atoms with Gasteiger partial charge in [0.15, 0.2) is 0 Å². The Hall–Kier alpha value is -3.88. The van der Waals surface area contributed by atoms with Crippen LogP contribution < -0.4 is 16.2 Å². The highest BCUT2D eigenvalue weighted by atomic mass is 16.6. The lowest BCUT2D eigenvalue weighted by Gasteiger charge is -2.17. The number of hydrazine groups is 1. The number of hydrogen-bond acceptors (Lipinski definition) is 6. The molecule has 1 atom stereocenters. The molecule has 0 spiro atoms. The van der Waals surface area contributed by atoms with E-state index < -0.39 is 36.3 Å². The largest absolute Gasteiger partial charge is 0.464 e. The van der Waals surface area contributed by atoms with Crippen molar-refractivity contribution < 1.29 is 28.7 Å². The van der Waals surface area contributed by atoms with Gasteiger partial charge in [-0.1, -0.05) is 48.5 Å². The molecule has 2 aromatic rings. The first-order valence-electron chi connectivity index (χ1n) is 9.27. The summed E-state index contributed by atoms with van der Waals surface area (Å²) in [5.41, 5.74) is 5.56. The number of ether oxygens (including phenoxy) is 2. The van der Waals surface area contributed by atoms with Crippen LogP contribution in [0.25, 0.3) is 0 Å². The average Bonchev–Trinajstić information content (AvgIpc) is 2.77. The molecule has 9 heteroatoms. The molecule has 158 valence electrons. The summed E-state index contributed by atoms with van der Waals surface area (Å²) < 4.78 is 9.95. The maximum atomic E-state index is 12.1. The van der Waals surface area contributed by atoms with Gasteiger partial charge in [0.1, 0.15) is 12.6 Å². The van der Waals surface area contributed by atoms with Crippen LogP contribution in [0.1, 0.15) is 29.3 Å². The van der Waals surface area contributed by atoms with E-state index in [0.717, 1.165) is 5.56 Å². The number of alkyl carbamates (subject to hydrolysis) is 1. The minimum atomic E-state index is -1.28. The van der Waals surface area contributed by atoms with E-state index in [9.17, 15) is 19.2 Å². The van der Waals surface area contributed by atoms with Gasteiger partial charge in [0.2, 0.25) is 5.91 Å². The first kappa shape index (κ1) is 22.4. The van der Waals surface area contributed by atoms with Gasteiger partial charge in [-0.25, -0.2) is 9.59 Å². The fourth-order valence-electron chi connectivity index (χ4n) is 2.37. The molecule has 0 aliphatic carbocycles. The van der Waals surface area contributed by atoms with Crippen LogP contribution in [-0.4, -0.2) is 36.5 Å². The molecule has 0 saturated carbocycles. The summed E-state index contributed by atoms with van der Waals surface area (Å²) in [6.07, 6.45) is -1.33. The first-order valence-corrected chi connectivity index (χ1v) is 9.27. The highest BCUT2D eigenvalue weighted by Crippen LogP contribution is 2.03. The standard InChI is InChI=1S/C21H23N3O6/c1-2-29-20(27)17(22-21(28)30-14-15-9-5-3-6-10-15)13-18(25)23-24-19(26)16-11-7-4-8-12-16/h3-12,17H,2,13-14H2,1H3,(H,22,28)(H,23,25)(H,24,26). The number of nitrogens with one attached hydrogen (secondary N) is 3. The van der Waals surface area contributed by atoms with Crippen molar-refractivity contribution in [2.75, 3.05) is 6.61 Å². The van der Waals surface area contributed by atoms with E-state index in [1.807, 2.05) is 6.07 Å². The van der Waals surface area contributed by atoms with Crippen molar-refractivity contribution in [1.29, 1.82) is 0 Å². The first-order chi connectivity index (χ1) is 14.5. The van der Waals surface area contributed by atoms with Crippen LogP contribution in [0.2, 0.25) is 0 Å². The Labute approximate surface area is 173 Å². The smallest absolute Gasteiger partial charge is 0.408 e. The van der Waals surface area contributed by atoms with Crippen LogP contribution in [0.5, 0.6) is 0 Å². The summed E-state index contributed by atoms with van der Waals surface area (Å²) in [5.74, 6) is -2.01. The Morgan fingerprint density at radius 2 is 1.50 bits per heavy atom. The lowest BCUT2D eigenvalue weighted by Crippen LogP contribution is -2.48.